The summed E-state index contributed by atoms with van der Waals surface area (Å²) in [6, 6.07) is 7.99. The van der Waals surface area contributed by atoms with Gasteiger partial charge in [-0.1, -0.05) is 49.1 Å². The number of carbonyl (C=O) groups excluding carboxylic acids is 1. The smallest absolute Gasteiger partial charge is 0.184 e. The third-order valence-corrected chi connectivity index (χ3v) is 2.33. The van der Waals surface area contributed by atoms with Crippen LogP contribution in [0.5, 0.6) is 0 Å². The minimum absolute atomic E-state index is 0.0921. The molecule has 0 saturated carbocycles. The second kappa shape index (κ2) is 5.85. The highest BCUT2D eigenvalue weighted by molar-refractivity contribution is 5.76. The van der Waals surface area contributed by atoms with E-state index >= 15 is 0 Å². The Bertz CT molecular complexity index is 481. The minimum Gasteiger partial charge on any atom is -0.459 e. The van der Waals surface area contributed by atoms with Crippen molar-refractivity contribution in [2.24, 2.45) is 0 Å². The monoisotopic (exact) mass is 228 g/mol. The lowest BCUT2D eigenvalue weighted by Crippen LogP contribution is -1.94. The molecule has 0 saturated heterocycles. The molecule has 0 aliphatic heterocycles. The molecule has 0 radical (unpaired) electrons. The van der Waals surface area contributed by atoms with Gasteiger partial charge in [0.1, 0.15) is 5.76 Å². The predicted octanol–water partition coefficient (Wildman–Crippen LogP) is 3.64. The standard InChI is InChI=1S/C15H16O2/c1-5-15(13(4)17-12(3)10-16)14-8-6-7-11(2)9-14/h5-10H,1,3H2,2,4H3/b15-13+. The van der Waals surface area contributed by atoms with Crippen LogP contribution in [0.4, 0.5) is 0 Å². The van der Waals surface area contributed by atoms with Crippen molar-refractivity contribution in [1.82, 2.24) is 0 Å². The summed E-state index contributed by atoms with van der Waals surface area (Å²) in [7, 11) is 0. The second-order valence-electron chi connectivity index (χ2n) is 3.73. The van der Waals surface area contributed by atoms with Crippen LogP contribution in [-0.2, 0) is 9.53 Å². The number of rotatable bonds is 5. The summed E-state index contributed by atoms with van der Waals surface area (Å²) in [5, 5.41) is 0. The van der Waals surface area contributed by atoms with Gasteiger partial charge in [-0.3, -0.25) is 4.79 Å². The quantitative estimate of drug-likeness (QED) is 0.333. The highest BCUT2D eigenvalue weighted by atomic mass is 16.5. The molecule has 0 heterocycles. The van der Waals surface area contributed by atoms with Crippen molar-refractivity contribution in [2.45, 2.75) is 13.8 Å². The molecule has 1 aromatic carbocycles. The van der Waals surface area contributed by atoms with Crippen molar-refractivity contribution in [2.75, 3.05) is 0 Å². The summed E-state index contributed by atoms with van der Waals surface area (Å²) in [6.07, 6.45) is 2.29. The van der Waals surface area contributed by atoms with Crippen LogP contribution in [0.25, 0.3) is 5.57 Å². The summed E-state index contributed by atoms with van der Waals surface area (Å²) in [5.74, 6) is 0.706. The van der Waals surface area contributed by atoms with Crippen LogP contribution in [0.15, 0.2) is 55.0 Å². The number of aryl methyl sites for hydroxylation is 1. The number of carbonyl (C=O) groups is 1. The van der Waals surface area contributed by atoms with Crippen LogP contribution in [-0.4, -0.2) is 6.29 Å². The molecular formula is C15H16O2. The first kappa shape index (κ1) is 13.0. The molecule has 0 bridgehead atoms. The van der Waals surface area contributed by atoms with Crippen LogP contribution >= 0.6 is 0 Å². The molecule has 0 aliphatic rings. The van der Waals surface area contributed by atoms with Gasteiger partial charge in [0.25, 0.3) is 0 Å². The molecule has 17 heavy (non-hydrogen) atoms. The van der Waals surface area contributed by atoms with E-state index < -0.39 is 0 Å². The lowest BCUT2D eigenvalue weighted by molar-refractivity contribution is -0.107. The molecular weight excluding hydrogens is 212 g/mol. The maximum absolute atomic E-state index is 10.5. The van der Waals surface area contributed by atoms with E-state index in [-0.39, 0.29) is 5.76 Å². The molecule has 0 atom stereocenters. The van der Waals surface area contributed by atoms with Crippen molar-refractivity contribution in [3.8, 4) is 0 Å². The Kier molecular flexibility index (Phi) is 4.46. The van der Waals surface area contributed by atoms with Gasteiger partial charge in [0.05, 0.1) is 0 Å². The van der Waals surface area contributed by atoms with Gasteiger partial charge in [-0.15, -0.1) is 0 Å². The summed E-state index contributed by atoms with van der Waals surface area (Å²) in [5.41, 5.74) is 3.02. The maximum atomic E-state index is 10.5. The van der Waals surface area contributed by atoms with Gasteiger partial charge in [0.2, 0.25) is 0 Å². The van der Waals surface area contributed by atoms with E-state index in [1.807, 2.05) is 31.2 Å². The van der Waals surface area contributed by atoms with Crippen molar-refractivity contribution in [3.05, 3.63) is 66.1 Å². The molecule has 2 heteroatoms. The average molecular weight is 228 g/mol. The lowest BCUT2D eigenvalue weighted by Gasteiger charge is -2.10. The highest BCUT2D eigenvalue weighted by Gasteiger charge is 2.05. The van der Waals surface area contributed by atoms with E-state index in [2.05, 4.69) is 13.2 Å². The van der Waals surface area contributed by atoms with Crippen molar-refractivity contribution in [1.29, 1.82) is 0 Å². The van der Waals surface area contributed by atoms with Gasteiger partial charge in [0.15, 0.2) is 12.0 Å². The Hall–Kier alpha value is -2.09. The normalized spacial score (nSPS) is 11.4. The SMILES string of the molecule is C=C/C(=C(/C)OC(=C)C=O)c1cccc(C)c1. The van der Waals surface area contributed by atoms with E-state index in [0.717, 1.165) is 16.7 Å². The Labute approximate surface area is 102 Å². The topological polar surface area (TPSA) is 26.3 Å². The number of allylic oxidation sites excluding steroid dienone is 4. The van der Waals surface area contributed by atoms with E-state index in [4.69, 9.17) is 4.74 Å². The number of aldehydes is 1. The predicted molar refractivity (Wildman–Crippen MR) is 70.3 cm³/mol. The molecule has 0 spiro atoms. The van der Waals surface area contributed by atoms with E-state index in [1.165, 1.54) is 0 Å². The van der Waals surface area contributed by atoms with Crippen LogP contribution in [0.1, 0.15) is 18.1 Å². The van der Waals surface area contributed by atoms with E-state index in [0.29, 0.717) is 12.0 Å². The molecule has 1 rings (SSSR count). The van der Waals surface area contributed by atoms with Crippen LogP contribution in [0, 0.1) is 6.92 Å². The van der Waals surface area contributed by atoms with Crippen LogP contribution < -0.4 is 0 Å². The molecule has 0 amide bonds. The highest BCUT2D eigenvalue weighted by Crippen LogP contribution is 2.22. The second-order valence-corrected chi connectivity index (χ2v) is 3.73. The zero-order valence-corrected chi connectivity index (χ0v) is 10.2. The summed E-state index contributed by atoms with van der Waals surface area (Å²) < 4.78 is 5.29. The van der Waals surface area contributed by atoms with Crippen LogP contribution in [0.3, 0.4) is 0 Å². The third kappa shape index (κ3) is 3.45. The summed E-state index contributed by atoms with van der Waals surface area (Å²) in [6.45, 7) is 11.1. The number of benzene rings is 1. The largest absolute Gasteiger partial charge is 0.459 e. The Morgan fingerprint density at radius 1 is 1.41 bits per heavy atom. The van der Waals surface area contributed by atoms with Gasteiger partial charge in [-0.25, -0.2) is 0 Å². The maximum Gasteiger partial charge on any atom is 0.184 e. The van der Waals surface area contributed by atoms with E-state index in [9.17, 15) is 4.79 Å². The molecule has 0 aliphatic carbocycles. The van der Waals surface area contributed by atoms with Gasteiger partial charge in [-0.2, -0.15) is 0 Å². The number of hydrogen-bond donors (Lipinski definition) is 0. The van der Waals surface area contributed by atoms with Crippen molar-refractivity contribution >= 4 is 11.9 Å². The zero-order valence-electron chi connectivity index (χ0n) is 10.2. The first-order valence-electron chi connectivity index (χ1n) is 5.30. The fourth-order valence-corrected chi connectivity index (χ4v) is 1.55. The third-order valence-electron chi connectivity index (χ3n) is 2.33. The number of ether oxygens (including phenoxy) is 1. The molecule has 0 N–H and O–H groups in total. The van der Waals surface area contributed by atoms with E-state index in [1.54, 1.807) is 13.0 Å². The zero-order chi connectivity index (χ0) is 12.8. The molecule has 0 aromatic heterocycles. The Balaban J connectivity index is 3.13. The number of hydrogen-bond acceptors (Lipinski definition) is 2. The molecule has 88 valence electrons. The Morgan fingerprint density at radius 2 is 2.12 bits per heavy atom. The average Bonchev–Trinajstić information content (AvgIpc) is 2.30. The first-order valence-corrected chi connectivity index (χ1v) is 5.30. The molecule has 1 aromatic rings. The lowest BCUT2D eigenvalue weighted by atomic mass is 10.0. The molecule has 0 fully saturated rings. The van der Waals surface area contributed by atoms with Gasteiger partial charge >= 0.3 is 0 Å². The first-order chi connectivity index (χ1) is 8.08. The Morgan fingerprint density at radius 3 is 2.65 bits per heavy atom. The fraction of sp³-hybridized carbons (Fsp3) is 0.133. The van der Waals surface area contributed by atoms with Crippen molar-refractivity contribution in [3.63, 3.8) is 0 Å². The fourth-order valence-electron chi connectivity index (χ4n) is 1.55. The van der Waals surface area contributed by atoms with Crippen LogP contribution in [0.2, 0.25) is 0 Å². The van der Waals surface area contributed by atoms with Gasteiger partial charge < -0.3 is 4.74 Å². The summed E-state index contributed by atoms with van der Waals surface area (Å²) >= 11 is 0. The van der Waals surface area contributed by atoms with Gasteiger partial charge in [0, 0.05) is 5.57 Å². The molecule has 2 nitrogen and oxygen atoms in total. The van der Waals surface area contributed by atoms with Gasteiger partial charge in [-0.05, 0) is 19.4 Å². The van der Waals surface area contributed by atoms with Crippen molar-refractivity contribution < 1.29 is 9.53 Å². The molecule has 0 unspecified atom stereocenters. The minimum atomic E-state index is 0.0921. The summed E-state index contributed by atoms with van der Waals surface area (Å²) in [4.78, 5) is 10.5.